The Bertz CT molecular complexity index is 585. The maximum absolute atomic E-state index is 5.93. The smallest absolute Gasteiger partial charge is 0.141 e. The number of alkyl halides is 1. The van der Waals surface area contributed by atoms with Crippen molar-refractivity contribution in [2.45, 2.75) is 5.33 Å². The first-order valence-electron chi connectivity index (χ1n) is 5.50. The number of ether oxygens (including phenoxy) is 2. The Kier molecular flexibility index (Phi) is 5.30. The summed E-state index contributed by atoms with van der Waals surface area (Å²) in [6, 6.07) is 11.6. The Morgan fingerprint density at radius 3 is 2.37 bits per heavy atom. The predicted molar refractivity (Wildman–Crippen MR) is 87.5 cm³/mol. The topological polar surface area (TPSA) is 18.5 Å². The minimum Gasteiger partial charge on any atom is -0.497 e. The molecule has 0 radical (unpaired) electrons. The van der Waals surface area contributed by atoms with E-state index >= 15 is 0 Å². The number of halogens is 3. The lowest BCUT2D eigenvalue weighted by molar-refractivity contribution is 0.412. The van der Waals surface area contributed by atoms with Crippen LogP contribution in [0.5, 0.6) is 17.2 Å². The average Bonchev–Trinajstić information content (AvgIpc) is 2.42. The van der Waals surface area contributed by atoms with Crippen LogP contribution in [0, 0.1) is 0 Å². The predicted octanol–water partition coefficient (Wildman–Crippen LogP) is 5.91. The van der Waals surface area contributed by atoms with Crippen LogP contribution in [0.15, 0.2) is 45.3 Å². The van der Waals surface area contributed by atoms with Crippen LogP contribution in [0.25, 0.3) is 0 Å². The van der Waals surface area contributed by atoms with Crippen molar-refractivity contribution in [3.05, 3.63) is 50.9 Å². The fraction of sp³-hybridized carbons (Fsp3) is 0.143. The Morgan fingerprint density at radius 2 is 1.74 bits per heavy atom. The summed E-state index contributed by atoms with van der Waals surface area (Å²) in [6.45, 7) is 0. The molecule has 0 aliphatic carbocycles. The Labute approximate surface area is 137 Å². The van der Waals surface area contributed by atoms with E-state index in [0.717, 1.165) is 37.1 Å². The van der Waals surface area contributed by atoms with Gasteiger partial charge in [-0.25, -0.2) is 0 Å². The van der Waals surface area contributed by atoms with Crippen LogP contribution in [-0.4, -0.2) is 7.11 Å². The van der Waals surface area contributed by atoms with Gasteiger partial charge >= 0.3 is 0 Å². The molecule has 0 heterocycles. The molecule has 0 fully saturated rings. The van der Waals surface area contributed by atoms with Crippen molar-refractivity contribution in [1.82, 2.24) is 0 Å². The van der Waals surface area contributed by atoms with Crippen LogP contribution in [-0.2, 0) is 5.33 Å². The van der Waals surface area contributed by atoms with Gasteiger partial charge in [0.2, 0.25) is 0 Å². The normalized spacial score (nSPS) is 10.3. The van der Waals surface area contributed by atoms with Gasteiger partial charge in [0.05, 0.1) is 11.6 Å². The lowest BCUT2D eigenvalue weighted by atomic mass is 10.2. The Hall–Kier alpha value is -0.520. The van der Waals surface area contributed by atoms with Gasteiger partial charge < -0.3 is 9.47 Å². The monoisotopic (exact) mass is 448 g/mol. The Morgan fingerprint density at radius 1 is 1.00 bits per heavy atom. The van der Waals surface area contributed by atoms with E-state index in [4.69, 9.17) is 9.47 Å². The zero-order valence-corrected chi connectivity index (χ0v) is 14.9. The molecule has 2 rings (SSSR count). The molecule has 0 N–H and O–H groups in total. The lowest BCUT2D eigenvalue weighted by Gasteiger charge is -2.12. The second-order valence-electron chi connectivity index (χ2n) is 3.78. The number of rotatable bonds is 4. The maximum Gasteiger partial charge on any atom is 0.141 e. The third-order valence-electron chi connectivity index (χ3n) is 2.53. The van der Waals surface area contributed by atoms with E-state index in [9.17, 15) is 0 Å². The van der Waals surface area contributed by atoms with E-state index in [1.807, 2.05) is 36.4 Å². The summed E-state index contributed by atoms with van der Waals surface area (Å²) in [6.07, 6.45) is 0. The van der Waals surface area contributed by atoms with Gasteiger partial charge in [-0.1, -0.05) is 31.9 Å². The van der Waals surface area contributed by atoms with Gasteiger partial charge in [-0.2, -0.15) is 0 Å². The van der Waals surface area contributed by atoms with Crippen LogP contribution in [0.4, 0.5) is 0 Å². The van der Waals surface area contributed by atoms with Gasteiger partial charge in [-0.05, 0) is 52.3 Å². The number of methoxy groups -OCH3 is 1. The highest BCUT2D eigenvalue weighted by Gasteiger charge is 2.08. The lowest BCUT2D eigenvalue weighted by Crippen LogP contribution is -1.91. The van der Waals surface area contributed by atoms with Gasteiger partial charge in [0.15, 0.2) is 0 Å². The molecule has 0 bridgehead atoms. The number of hydrogen-bond donors (Lipinski definition) is 0. The molecule has 100 valence electrons. The molecule has 0 spiro atoms. The molecule has 0 unspecified atom stereocenters. The molecular formula is C14H11Br3O2. The molecule has 0 aromatic heterocycles. The van der Waals surface area contributed by atoms with Crippen molar-refractivity contribution in [2.24, 2.45) is 0 Å². The average molecular weight is 451 g/mol. The van der Waals surface area contributed by atoms with E-state index in [-0.39, 0.29) is 0 Å². The van der Waals surface area contributed by atoms with E-state index in [0.29, 0.717) is 0 Å². The summed E-state index contributed by atoms with van der Waals surface area (Å²) in [5, 5.41) is 0.732. The van der Waals surface area contributed by atoms with Crippen molar-refractivity contribution in [2.75, 3.05) is 7.11 Å². The third-order valence-corrected chi connectivity index (χ3v) is 4.24. The molecule has 0 aliphatic rings. The standard InChI is InChI=1S/C14H11Br3O2/c1-18-11-3-5-14(12(17)7-11)19-13-4-2-10(16)6-9(13)8-15/h2-7H,8H2,1H3. The molecule has 0 saturated heterocycles. The van der Waals surface area contributed by atoms with E-state index < -0.39 is 0 Å². The zero-order chi connectivity index (χ0) is 13.8. The van der Waals surface area contributed by atoms with Crippen molar-refractivity contribution in [1.29, 1.82) is 0 Å². The van der Waals surface area contributed by atoms with Crippen LogP contribution in [0.1, 0.15) is 5.56 Å². The molecule has 0 atom stereocenters. The first-order chi connectivity index (χ1) is 9.13. The van der Waals surface area contributed by atoms with Crippen molar-refractivity contribution >= 4 is 47.8 Å². The maximum atomic E-state index is 5.93. The summed E-state index contributed by atoms with van der Waals surface area (Å²) in [7, 11) is 1.64. The second-order valence-corrected chi connectivity index (χ2v) is 6.11. The van der Waals surface area contributed by atoms with Gasteiger partial charge in [-0.3, -0.25) is 0 Å². The van der Waals surface area contributed by atoms with E-state index in [2.05, 4.69) is 47.8 Å². The third kappa shape index (κ3) is 3.74. The molecule has 2 nitrogen and oxygen atoms in total. The van der Waals surface area contributed by atoms with Crippen molar-refractivity contribution < 1.29 is 9.47 Å². The highest BCUT2D eigenvalue weighted by Crippen LogP contribution is 2.35. The second kappa shape index (κ2) is 6.77. The highest BCUT2D eigenvalue weighted by molar-refractivity contribution is 9.11. The summed E-state index contributed by atoms with van der Waals surface area (Å²) < 4.78 is 13.0. The SMILES string of the molecule is COc1ccc(Oc2ccc(Br)cc2CBr)c(Br)c1. The molecule has 0 saturated carbocycles. The van der Waals surface area contributed by atoms with Crippen LogP contribution in [0.3, 0.4) is 0 Å². The zero-order valence-electron chi connectivity index (χ0n) is 10.1. The minimum atomic E-state index is 0.732. The molecule has 5 heteroatoms. The highest BCUT2D eigenvalue weighted by atomic mass is 79.9. The van der Waals surface area contributed by atoms with E-state index in [1.165, 1.54) is 0 Å². The van der Waals surface area contributed by atoms with Crippen molar-refractivity contribution in [3.63, 3.8) is 0 Å². The minimum absolute atomic E-state index is 0.732. The molecule has 2 aromatic carbocycles. The van der Waals surface area contributed by atoms with Crippen LogP contribution in [0.2, 0.25) is 0 Å². The number of benzene rings is 2. The largest absolute Gasteiger partial charge is 0.497 e. The van der Waals surface area contributed by atoms with Gasteiger partial charge in [0.25, 0.3) is 0 Å². The van der Waals surface area contributed by atoms with Crippen LogP contribution < -0.4 is 9.47 Å². The number of hydrogen-bond acceptors (Lipinski definition) is 2. The molecule has 0 amide bonds. The fourth-order valence-corrected chi connectivity index (χ4v) is 2.85. The quantitative estimate of drug-likeness (QED) is 0.539. The first kappa shape index (κ1) is 14.9. The fourth-order valence-electron chi connectivity index (χ4n) is 1.56. The van der Waals surface area contributed by atoms with Gasteiger partial charge in [0, 0.05) is 15.4 Å². The first-order valence-corrected chi connectivity index (χ1v) is 8.20. The van der Waals surface area contributed by atoms with Gasteiger partial charge in [0.1, 0.15) is 17.2 Å². The molecular weight excluding hydrogens is 440 g/mol. The summed E-state index contributed by atoms with van der Waals surface area (Å²) in [5.41, 5.74) is 1.08. The summed E-state index contributed by atoms with van der Waals surface area (Å²) >= 11 is 10.4. The van der Waals surface area contributed by atoms with Gasteiger partial charge in [-0.15, -0.1) is 0 Å². The molecule has 2 aromatic rings. The Balaban J connectivity index is 2.31. The van der Waals surface area contributed by atoms with E-state index in [1.54, 1.807) is 7.11 Å². The van der Waals surface area contributed by atoms with Crippen LogP contribution >= 0.6 is 47.8 Å². The molecule has 0 aliphatic heterocycles. The summed E-state index contributed by atoms with van der Waals surface area (Å²) in [4.78, 5) is 0. The van der Waals surface area contributed by atoms with Crippen molar-refractivity contribution in [3.8, 4) is 17.2 Å². The molecule has 19 heavy (non-hydrogen) atoms. The summed E-state index contributed by atoms with van der Waals surface area (Å²) in [5.74, 6) is 2.37.